The maximum atomic E-state index is 13.2. The molecule has 3 aromatic carbocycles. The molecule has 1 aliphatic carbocycles. The molecule has 0 aliphatic heterocycles. The summed E-state index contributed by atoms with van der Waals surface area (Å²) < 4.78 is 16.7. The standard InChI is InChI=1S/C24H19NO4/c1-27-20-11-16-17(12-21(20)28-2)24(26)22-18-10-15(8-9-19(18)25-23(16)22)29-13-14-6-4-3-5-7-14/h3-12,25H,13H2,1-2H3. The number of ether oxygens (including phenoxy) is 3. The zero-order chi connectivity index (χ0) is 20.0. The van der Waals surface area contributed by atoms with Gasteiger partial charge in [-0.05, 0) is 35.9 Å². The SMILES string of the molecule is COc1cc2c(cc1OC)-c1[nH]c3ccc(OCc4ccccc4)cc3c1C2=O. The zero-order valence-electron chi connectivity index (χ0n) is 16.1. The lowest BCUT2D eigenvalue weighted by atomic mass is 10.1. The molecular formula is C24H19NO4. The average molecular weight is 385 g/mol. The first-order chi connectivity index (χ1) is 14.2. The van der Waals surface area contributed by atoms with E-state index in [1.165, 1.54) is 0 Å². The molecule has 0 spiro atoms. The Morgan fingerprint density at radius 2 is 1.59 bits per heavy atom. The summed E-state index contributed by atoms with van der Waals surface area (Å²) in [6.45, 7) is 0.474. The minimum atomic E-state index is -0.0255. The number of rotatable bonds is 5. The Balaban J connectivity index is 1.55. The van der Waals surface area contributed by atoms with Crippen molar-refractivity contribution in [1.29, 1.82) is 0 Å². The minimum absolute atomic E-state index is 0.0255. The Morgan fingerprint density at radius 3 is 2.31 bits per heavy atom. The quantitative estimate of drug-likeness (QED) is 0.464. The average Bonchev–Trinajstić information content (AvgIpc) is 3.27. The summed E-state index contributed by atoms with van der Waals surface area (Å²) in [5.74, 6) is 1.84. The van der Waals surface area contributed by atoms with Gasteiger partial charge in [0.15, 0.2) is 17.3 Å². The lowest BCUT2D eigenvalue weighted by Crippen LogP contribution is -1.98. The molecule has 1 N–H and O–H groups in total. The van der Waals surface area contributed by atoms with Crippen LogP contribution < -0.4 is 14.2 Å². The summed E-state index contributed by atoms with van der Waals surface area (Å²) >= 11 is 0. The van der Waals surface area contributed by atoms with E-state index < -0.39 is 0 Å². The van der Waals surface area contributed by atoms with Gasteiger partial charge in [0.25, 0.3) is 0 Å². The van der Waals surface area contributed by atoms with Crippen molar-refractivity contribution in [3.63, 3.8) is 0 Å². The molecule has 1 aliphatic rings. The highest BCUT2D eigenvalue weighted by Gasteiger charge is 2.32. The highest BCUT2D eigenvalue weighted by Crippen LogP contribution is 2.45. The maximum Gasteiger partial charge on any atom is 0.196 e. The van der Waals surface area contributed by atoms with Crippen molar-refractivity contribution in [2.75, 3.05) is 14.2 Å². The van der Waals surface area contributed by atoms with Gasteiger partial charge in [-0.1, -0.05) is 30.3 Å². The number of hydrogen-bond acceptors (Lipinski definition) is 4. The van der Waals surface area contributed by atoms with Crippen LogP contribution in [0.1, 0.15) is 21.5 Å². The van der Waals surface area contributed by atoms with Crippen molar-refractivity contribution in [1.82, 2.24) is 4.98 Å². The topological polar surface area (TPSA) is 60.6 Å². The van der Waals surface area contributed by atoms with Crippen LogP contribution in [0.5, 0.6) is 17.2 Å². The molecule has 4 aromatic rings. The number of H-pyrrole nitrogens is 1. The van der Waals surface area contributed by atoms with Crippen LogP contribution in [0.2, 0.25) is 0 Å². The highest BCUT2D eigenvalue weighted by molar-refractivity contribution is 6.27. The summed E-state index contributed by atoms with van der Waals surface area (Å²) in [6.07, 6.45) is 0. The predicted octanol–water partition coefficient (Wildman–Crippen LogP) is 4.98. The second kappa shape index (κ2) is 6.71. The van der Waals surface area contributed by atoms with Crippen molar-refractivity contribution in [2.24, 2.45) is 0 Å². The summed E-state index contributed by atoms with van der Waals surface area (Å²) in [5.41, 5.74) is 4.90. The third-order valence-corrected chi connectivity index (χ3v) is 5.28. The summed E-state index contributed by atoms with van der Waals surface area (Å²) in [6, 6.07) is 19.4. The second-order valence-electron chi connectivity index (χ2n) is 6.94. The lowest BCUT2D eigenvalue weighted by molar-refractivity contribution is 0.104. The van der Waals surface area contributed by atoms with Gasteiger partial charge in [-0.3, -0.25) is 4.79 Å². The Hall–Kier alpha value is -3.73. The largest absolute Gasteiger partial charge is 0.493 e. The van der Waals surface area contributed by atoms with E-state index in [1.54, 1.807) is 20.3 Å². The molecule has 0 atom stereocenters. The van der Waals surface area contributed by atoms with Crippen LogP contribution in [0.4, 0.5) is 0 Å². The smallest absolute Gasteiger partial charge is 0.196 e. The number of aromatic amines is 1. The summed E-state index contributed by atoms with van der Waals surface area (Å²) in [7, 11) is 3.15. The molecule has 0 amide bonds. The van der Waals surface area contributed by atoms with E-state index in [0.29, 0.717) is 29.2 Å². The van der Waals surface area contributed by atoms with Crippen molar-refractivity contribution in [2.45, 2.75) is 6.61 Å². The van der Waals surface area contributed by atoms with Crippen molar-refractivity contribution >= 4 is 16.7 Å². The fourth-order valence-electron chi connectivity index (χ4n) is 3.85. The van der Waals surface area contributed by atoms with E-state index in [0.717, 1.165) is 33.5 Å². The number of benzene rings is 3. The highest BCUT2D eigenvalue weighted by atomic mass is 16.5. The van der Waals surface area contributed by atoms with E-state index >= 15 is 0 Å². The van der Waals surface area contributed by atoms with Crippen LogP contribution in [-0.2, 0) is 6.61 Å². The summed E-state index contributed by atoms with van der Waals surface area (Å²) in [5, 5.41) is 0.852. The van der Waals surface area contributed by atoms with Crippen LogP contribution in [0, 0.1) is 0 Å². The number of aromatic nitrogens is 1. The molecule has 5 heteroatoms. The molecule has 0 radical (unpaired) electrons. The number of hydrogen-bond donors (Lipinski definition) is 1. The molecular weight excluding hydrogens is 366 g/mol. The third-order valence-electron chi connectivity index (χ3n) is 5.28. The van der Waals surface area contributed by atoms with Gasteiger partial charge in [-0.15, -0.1) is 0 Å². The van der Waals surface area contributed by atoms with E-state index in [1.807, 2.05) is 54.6 Å². The number of fused-ring (bicyclic) bond motifs is 5. The van der Waals surface area contributed by atoms with Crippen molar-refractivity contribution in [3.8, 4) is 28.5 Å². The predicted molar refractivity (Wildman–Crippen MR) is 111 cm³/mol. The van der Waals surface area contributed by atoms with Gasteiger partial charge in [-0.2, -0.15) is 0 Å². The molecule has 0 unspecified atom stereocenters. The molecule has 5 rings (SSSR count). The Labute approximate surface area is 167 Å². The van der Waals surface area contributed by atoms with Gasteiger partial charge in [0.1, 0.15) is 12.4 Å². The summed E-state index contributed by atoms with van der Waals surface area (Å²) in [4.78, 5) is 16.5. The Kier molecular flexibility index (Phi) is 4.02. The molecule has 29 heavy (non-hydrogen) atoms. The van der Waals surface area contributed by atoms with E-state index in [4.69, 9.17) is 14.2 Å². The zero-order valence-corrected chi connectivity index (χ0v) is 16.1. The molecule has 0 saturated carbocycles. The van der Waals surface area contributed by atoms with Crippen LogP contribution in [-0.4, -0.2) is 25.0 Å². The fourth-order valence-corrected chi connectivity index (χ4v) is 3.85. The molecule has 0 saturated heterocycles. The molecule has 0 bridgehead atoms. The van der Waals surface area contributed by atoms with Gasteiger partial charge in [0, 0.05) is 22.0 Å². The number of methoxy groups -OCH3 is 2. The molecule has 1 aromatic heterocycles. The first-order valence-corrected chi connectivity index (χ1v) is 9.33. The third kappa shape index (κ3) is 2.74. The first-order valence-electron chi connectivity index (χ1n) is 9.33. The normalized spacial score (nSPS) is 12.0. The molecule has 1 heterocycles. The monoisotopic (exact) mass is 385 g/mol. The van der Waals surface area contributed by atoms with Gasteiger partial charge in [0.05, 0.1) is 25.5 Å². The van der Waals surface area contributed by atoms with Gasteiger partial charge in [-0.25, -0.2) is 0 Å². The van der Waals surface area contributed by atoms with Gasteiger partial charge >= 0.3 is 0 Å². The fraction of sp³-hybridized carbons (Fsp3) is 0.125. The van der Waals surface area contributed by atoms with E-state index in [9.17, 15) is 4.79 Å². The number of carbonyl (C=O) groups excluding carboxylic acids is 1. The number of ketones is 1. The van der Waals surface area contributed by atoms with Crippen LogP contribution in [0.15, 0.2) is 60.7 Å². The van der Waals surface area contributed by atoms with E-state index in [-0.39, 0.29) is 5.78 Å². The van der Waals surface area contributed by atoms with Crippen LogP contribution >= 0.6 is 0 Å². The Bertz CT molecular complexity index is 1240. The maximum absolute atomic E-state index is 13.2. The molecule has 144 valence electrons. The van der Waals surface area contributed by atoms with E-state index in [2.05, 4.69) is 4.98 Å². The van der Waals surface area contributed by atoms with Gasteiger partial charge < -0.3 is 19.2 Å². The molecule has 5 nitrogen and oxygen atoms in total. The minimum Gasteiger partial charge on any atom is -0.493 e. The first kappa shape index (κ1) is 17.4. The molecule has 0 fully saturated rings. The van der Waals surface area contributed by atoms with Crippen LogP contribution in [0.25, 0.3) is 22.2 Å². The van der Waals surface area contributed by atoms with Crippen molar-refractivity contribution in [3.05, 3.63) is 77.4 Å². The number of carbonyl (C=O) groups is 1. The Morgan fingerprint density at radius 1 is 0.862 bits per heavy atom. The number of nitrogens with one attached hydrogen (secondary N) is 1. The van der Waals surface area contributed by atoms with Gasteiger partial charge in [0.2, 0.25) is 0 Å². The lowest BCUT2D eigenvalue weighted by Gasteiger charge is -2.10. The van der Waals surface area contributed by atoms with Crippen molar-refractivity contribution < 1.29 is 19.0 Å². The van der Waals surface area contributed by atoms with Crippen LogP contribution in [0.3, 0.4) is 0 Å². The second-order valence-corrected chi connectivity index (χ2v) is 6.94.